The number of amides is 1. The van der Waals surface area contributed by atoms with Gasteiger partial charge in [-0.15, -0.1) is 0 Å². The van der Waals surface area contributed by atoms with Crippen LogP contribution in [0.4, 0.5) is 5.69 Å². The van der Waals surface area contributed by atoms with Crippen LogP contribution >= 0.6 is 32.9 Å². The molecule has 1 amide bonds. The molecule has 0 atom stereocenters. The SMILES string of the molecule is CCC(CC)C(=O)N1c2cc(C)c(C)cc2-c2c(ssc2=S)C1(C)C. The summed E-state index contributed by atoms with van der Waals surface area (Å²) >= 11 is 5.65. The van der Waals surface area contributed by atoms with E-state index >= 15 is 0 Å². The van der Waals surface area contributed by atoms with E-state index < -0.39 is 0 Å². The number of rotatable bonds is 3. The molecule has 0 bridgehead atoms. The Balaban J connectivity index is 2.33. The van der Waals surface area contributed by atoms with Gasteiger partial charge in [-0.25, -0.2) is 0 Å². The van der Waals surface area contributed by atoms with Crippen LogP contribution in [0.3, 0.4) is 0 Å². The van der Waals surface area contributed by atoms with Gasteiger partial charge in [-0.2, -0.15) is 0 Å². The molecule has 134 valence electrons. The van der Waals surface area contributed by atoms with Gasteiger partial charge >= 0.3 is 0 Å². The highest BCUT2D eigenvalue weighted by Crippen LogP contribution is 2.53. The molecule has 2 heterocycles. The number of nitrogens with zero attached hydrogens (tertiary/aromatic N) is 1. The van der Waals surface area contributed by atoms with Gasteiger partial charge in [-0.05, 0) is 63.8 Å². The van der Waals surface area contributed by atoms with Crippen LogP contribution in [-0.2, 0) is 10.3 Å². The molecule has 0 aliphatic carbocycles. The Morgan fingerprint density at radius 3 is 2.36 bits per heavy atom. The van der Waals surface area contributed by atoms with Gasteiger partial charge in [-0.1, -0.05) is 46.7 Å². The third kappa shape index (κ3) is 2.81. The molecular formula is C20H25NOS3. The molecule has 0 saturated heterocycles. The number of anilines is 1. The molecule has 0 saturated carbocycles. The summed E-state index contributed by atoms with van der Waals surface area (Å²) in [6.07, 6.45) is 1.74. The summed E-state index contributed by atoms with van der Waals surface area (Å²) in [6, 6.07) is 4.38. The molecule has 0 fully saturated rings. The second kappa shape index (κ2) is 6.60. The number of hydrogen-bond acceptors (Lipinski definition) is 4. The second-order valence-electron chi connectivity index (χ2n) is 7.36. The van der Waals surface area contributed by atoms with Gasteiger partial charge in [0.2, 0.25) is 5.91 Å². The fourth-order valence-electron chi connectivity index (χ4n) is 3.70. The molecule has 2 aromatic rings. The largest absolute Gasteiger partial charge is 0.301 e. The van der Waals surface area contributed by atoms with Crippen LogP contribution in [0.2, 0.25) is 0 Å². The maximum absolute atomic E-state index is 13.5. The van der Waals surface area contributed by atoms with E-state index in [0.29, 0.717) is 0 Å². The third-order valence-electron chi connectivity index (χ3n) is 5.42. The lowest BCUT2D eigenvalue weighted by molar-refractivity contribution is -0.123. The predicted molar refractivity (Wildman–Crippen MR) is 113 cm³/mol. The Labute approximate surface area is 162 Å². The lowest BCUT2D eigenvalue weighted by atomic mass is 9.84. The lowest BCUT2D eigenvalue weighted by Crippen LogP contribution is -2.50. The van der Waals surface area contributed by atoms with Gasteiger partial charge < -0.3 is 4.90 Å². The van der Waals surface area contributed by atoms with Crippen molar-refractivity contribution >= 4 is 44.5 Å². The molecule has 25 heavy (non-hydrogen) atoms. The summed E-state index contributed by atoms with van der Waals surface area (Å²) in [4.78, 5) is 16.7. The fourth-order valence-corrected chi connectivity index (χ4v) is 6.98. The first kappa shape index (κ1) is 18.7. The number of carbonyl (C=O) groups is 1. The first-order chi connectivity index (χ1) is 11.7. The van der Waals surface area contributed by atoms with E-state index in [1.165, 1.54) is 21.6 Å². The summed E-state index contributed by atoms with van der Waals surface area (Å²) in [5.41, 5.74) is 5.40. The van der Waals surface area contributed by atoms with Gasteiger partial charge in [0.15, 0.2) is 0 Å². The zero-order valence-electron chi connectivity index (χ0n) is 15.7. The number of fused-ring (bicyclic) bond motifs is 3. The molecule has 1 aliphatic heterocycles. The van der Waals surface area contributed by atoms with Crippen molar-refractivity contribution in [1.82, 2.24) is 0 Å². The van der Waals surface area contributed by atoms with Crippen LogP contribution in [0, 0.1) is 23.6 Å². The second-order valence-corrected chi connectivity index (χ2v) is 10.2. The third-order valence-corrected chi connectivity index (χ3v) is 8.75. The van der Waals surface area contributed by atoms with Crippen molar-refractivity contribution in [1.29, 1.82) is 0 Å². The highest BCUT2D eigenvalue weighted by atomic mass is 32.9. The summed E-state index contributed by atoms with van der Waals surface area (Å²) < 4.78 is 0.937. The zero-order chi connectivity index (χ0) is 18.5. The predicted octanol–water partition coefficient (Wildman–Crippen LogP) is 6.84. The number of hydrogen-bond donors (Lipinski definition) is 0. The summed E-state index contributed by atoms with van der Waals surface area (Å²) in [6.45, 7) is 12.8. The van der Waals surface area contributed by atoms with Crippen molar-refractivity contribution in [3.05, 3.63) is 32.0 Å². The molecule has 3 rings (SSSR count). The maximum Gasteiger partial charge on any atom is 0.230 e. The summed E-state index contributed by atoms with van der Waals surface area (Å²) in [7, 11) is 3.37. The van der Waals surface area contributed by atoms with E-state index in [4.69, 9.17) is 12.2 Å². The molecule has 1 aromatic carbocycles. The highest BCUT2D eigenvalue weighted by molar-refractivity contribution is 7.80. The van der Waals surface area contributed by atoms with Crippen LogP contribution < -0.4 is 4.90 Å². The van der Waals surface area contributed by atoms with Gasteiger partial charge in [-0.3, -0.25) is 4.79 Å². The normalized spacial score (nSPS) is 15.2. The van der Waals surface area contributed by atoms with Crippen molar-refractivity contribution < 1.29 is 4.79 Å². The maximum atomic E-state index is 13.5. The molecule has 0 unspecified atom stereocenters. The molecule has 1 aromatic heterocycles. The van der Waals surface area contributed by atoms with E-state index in [1.54, 1.807) is 20.7 Å². The zero-order valence-corrected chi connectivity index (χ0v) is 18.2. The molecule has 0 radical (unpaired) electrons. The minimum absolute atomic E-state index is 0.0573. The Bertz CT molecular complexity index is 887. The summed E-state index contributed by atoms with van der Waals surface area (Å²) in [5, 5.41) is 0. The van der Waals surface area contributed by atoms with Crippen molar-refractivity contribution in [3.8, 4) is 11.1 Å². The molecule has 0 N–H and O–H groups in total. The first-order valence-electron chi connectivity index (χ1n) is 8.83. The molecular weight excluding hydrogens is 366 g/mol. The van der Waals surface area contributed by atoms with Crippen molar-refractivity contribution in [2.45, 2.75) is 59.9 Å². The molecule has 2 nitrogen and oxygen atoms in total. The van der Waals surface area contributed by atoms with E-state index in [0.717, 1.165) is 27.9 Å². The topological polar surface area (TPSA) is 20.3 Å². The number of benzene rings is 1. The Kier molecular flexibility index (Phi) is 4.95. The average molecular weight is 392 g/mol. The van der Waals surface area contributed by atoms with Gasteiger partial charge in [0.25, 0.3) is 0 Å². The Morgan fingerprint density at radius 1 is 1.16 bits per heavy atom. The van der Waals surface area contributed by atoms with Gasteiger partial charge in [0.1, 0.15) is 3.82 Å². The lowest BCUT2D eigenvalue weighted by Gasteiger charge is -2.44. The van der Waals surface area contributed by atoms with Crippen LogP contribution in [0.25, 0.3) is 11.1 Å². The van der Waals surface area contributed by atoms with Crippen LogP contribution in [0.1, 0.15) is 56.5 Å². The van der Waals surface area contributed by atoms with E-state index in [-0.39, 0.29) is 17.4 Å². The number of carbonyl (C=O) groups excluding carboxylic acids is 1. The van der Waals surface area contributed by atoms with Crippen LogP contribution in [0.15, 0.2) is 12.1 Å². The van der Waals surface area contributed by atoms with Crippen LogP contribution in [0.5, 0.6) is 0 Å². The minimum Gasteiger partial charge on any atom is -0.301 e. The Morgan fingerprint density at radius 2 is 1.76 bits per heavy atom. The van der Waals surface area contributed by atoms with Gasteiger partial charge in [0.05, 0.1) is 16.1 Å². The highest BCUT2D eigenvalue weighted by Gasteiger charge is 2.44. The van der Waals surface area contributed by atoms with E-state index in [1.807, 2.05) is 4.90 Å². The fraction of sp³-hybridized carbons (Fsp3) is 0.500. The summed E-state index contributed by atoms with van der Waals surface area (Å²) in [5.74, 6) is 0.288. The average Bonchev–Trinajstić information content (AvgIpc) is 2.94. The molecule has 0 spiro atoms. The quantitative estimate of drug-likeness (QED) is 0.421. The smallest absolute Gasteiger partial charge is 0.230 e. The van der Waals surface area contributed by atoms with Crippen molar-refractivity contribution in [2.75, 3.05) is 4.90 Å². The standard InChI is InChI=1S/C20H25NOS3/c1-7-13(8-2)18(22)21-15-10-12(4)11(3)9-14(15)16-17(20(21,5)6)24-25-19(16)23/h9-10,13H,7-8H2,1-6H3. The molecule has 1 aliphatic rings. The van der Waals surface area contributed by atoms with E-state index in [9.17, 15) is 4.79 Å². The minimum atomic E-state index is -0.373. The van der Waals surface area contributed by atoms with Crippen molar-refractivity contribution in [2.24, 2.45) is 5.92 Å². The van der Waals surface area contributed by atoms with Crippen LogP contribution in [-0.4, -0.2) is 5.91 Å². The number of aryl methyl sites for hydroxylation is 2. The van der Waals surface area contributed by atoms with E-state index in [2.05, 4.69) is 53.7 Å². The monoisotopic (exact) mass is 391 g/mol. The Hall–Kier alpha value is -1.04. The van der Waals surface area contributed by atoms with Gasteiger partial charge in [0, 0.05) is 17.0 Å². The molecule has 5 heteroatoms. The first-order valence-corrected chi connectivity index (χ1v) is 11.4. The van der Waals surface area contributed by atoms with Crippen molar-refractivity contribution in [3.63, 3.8) is 0 Å².